The van der Waals surface area contributed by atoms with E-state index in [1.807, 2.05) is 0 Å². The second-order valence-corrected chi connectivity index (χ2v) is 4.70. The summed E-state index contributed by atoms with van der Waals surface area (Å²) < 4.78 is 5.31. The Kier molecular flexibility index (Phi) is 2.65. The van der Waals surface area contributed by atoms with Crippen LogP contribution >= 0.6 is 0 Å². The minimum atomic E-state index is -1.39. The summed E-state index contributed by atoms with van der Waals surface area (Å²) in [5, 5.41) is 29.9. The number of carbonyl (C=O) groups excluding carboxylic acids is 1. The highest BCUT2D eigenvalue weighted by atomic mass is 16.6. The van der Waals surface area contributed by atoms with Crippen LogP contribution in [0.4, 0.5) is 0 Å². The van der Waals surface area contributed by atoms with Gasteiger partial charge in [-0.25, -0.2) is 0 Å². The third kappa shape index (κ3) is 1.71. The van der Waals surface area contributed by atoms with E-state index < -0.39 is 12.1 Å². The Morgan fingerprint density at radius 3 is 2.60 bits per heavy atom. The fourth-order valence-corrected chi connectivity index (χ4v) is 2.39. The molecule has 102 valence electrons. The smallest absolute Gasteiger partial charge is 0.225 e. The number of aliphatic hydroxyl groups excluding tert-OH is 1. The van der Waals surface area contributed by atoms with Gasteiger partial charge in [-0.1, -0.05) is 6.07 Å². The first-order valence-corrected chi connectivity index (χ1v) is 6.04. The summed E-state index contributed by atoms with van der Waals surface area (Å²) in [5.41, 5.74) is 0.753. The van der Waals surface area contributed by atoms with Gasteiger partial charge in [0.05, 0.1) is 5.56 Å². The van der Waals surface area contributed by atoms with Crippen molar-refractivity contribution in [2.24, 2.45) is 0 Å². The zero-order chi connectivity index (χ0) is 14.4. The van der Waals surface area contributed by atoms with E-state index in [-0.39, 0.29) is 33.9 Å². The van der Waals surface area contributed by atoms with Crippen molar-refractivity contribution < 1.29 is 24.9 Å². The minimum absolute atomic E-state index is 0.0525. The molecule has 0 spiro atoms. The second kappa shape index (κ2) is 4.25. The van der Waals surface area contributed by atoms with Gasteiger partial charge in [-0.15, -0.1) is 0 Å². The molecule has 5 heteroatoms. The Bertz CT molecular complexity index is 720. The number of carbonyl (C=O) groups is 1. The first kappa shape index (κ1) is 12.5. The van der Waals surface area contributed by atoms with Crippen molar-refractivity contribution in [2.45, 2.75) is 13.2 Å². The molecule has 0 fully saturated rings. The van der Waals surface area contributed by atoms with Crippen molar-refractivity contribution in [3.8, 4) is 17.2 Å². The number of aryl methyl sites for hydroxylation is 1. The minimum Gasteiger partial charge on any atom is -0.507 e. The standard InChI is InChI=1S/C15H12O5/c1-7-5-8-12(10(17)6-7)14(18)13-9(16)3-2-4-11(13)20-15(8)19/h2-6,15-17,19H,1H3/t15-/m0/s1. The molecule has 0 aromatic heterocycles. The highest BCUT2D eigenvalue weighted by Gasteiger charge is 2.32. The number of rotatable bonds is 0. The number of ketones is 1. The Labute approximate surface area is 114 Å². The van der Waals surface area contributed by atoms with Crippen molar-refractivity contribution in [3.63, 3.8) is 0 Å². The Morgan fingerprint density at radius 2 is 1.85 bits per heavy atom. The molecule has 0 amide bonds. The van der Waals surface area contributed by atoms with Crippen LogP contribution in [0.2, 0.25) is 0 Å². The van der Waals surface area contributed by atoms with Crippen LogP contribution in [0.15, 0.2) is 30.3 Å². The molecule has 0 saturated carbocycles. The van der Waals surface area contributed by atoms with Crippen molar-refractivity contribution in [3.05, 3.63) is 52.6 Å². The van der Waals surface area contributed by atoms with Gasteiger partial charge in [0, 0.05) is 5.56 Å². The molecule has 0 bridgehead atoms. The van der Waals surface area contributed by atoms with Gasteiger partial charge in [0.25, 0.3) is 0 Å². The van der Waals surface area contributed by atoms with E-state index in [0.29, 0.717) is 5.56 Å². The van der Waals surface area contributed by atoms with Crippen LogP contribution in [-0.4, -0.2) is 21.1 Å². The highest BCUT2D eigenvalue weighted by molar-refractivity contribution is 6.15. The fourth-order valence-electron chi connectivity index (χ4n) is 2.39. The van der Waals surface area contributed by atoms with Crippen molar-refractivity contribution in [1.29, 1.82) is 0 Å². The number of hydrogen-bond donors (Lipinski definition) is 3. The van der Waals surface area contributed by atoms with Gasteiger partial charge in [-0.3, -0.25) is 4.79 Å². The van der Waals surface area contributed by atoms with E-state index in [9.17, 15) is 20.1 Å². The lowest BCUT2D eigenvalue weighted by Crippen LogP contribution is -2.08. The average molecular weight is 272 g/mol. The van der Waals surface area contributed by atoms with E-state index in [1.165, 1.54) is 24.3 Å². The molecular weight excluding hydrogens is 260 g/mol. The molecule has 2 aromatic rings. The number of benzene rings is 2. The fraction of sp³-hybridized carbons (Fsp3) is 0.133. The Hall–Kier alpha value is -2.53. The summed E-state index contributed by atoms with van der Waals surface area (Å²) in [6, 6.07) is 7.33. The van der Waals surface area contributed by atoms with Crippen LogP contribution in [-0.2, 0) is 0 Å². The number of aliphatic hydroxyl groups is 1. The molecule has 0 aliphatic carbocycles. The highest BCUT2D eigenvalue weighted by Crippen LogP contribution is 2.40. The number of aromatic hydroxyl groups is 2. The SMILES string of the molecule is Cc1cc(O)c2c(c1)[C@@H](O)Oc1cccc(O)c1C2=O. The molecule has 0 unspecified atom stereocenters. The number of phenolic OH excluding ortho intramolecular Hbond substituents is 2. The van der Waals surface area contributed by atoms with Crippen LogP contribution in [0.1, 0.15) is 33.3 Å². The van der Waals surface area contributed by atoms with Gasteiger partial charge in [-0.05, 0) is 36.8 Å². The van der Waals surface area contributed by atoms with Crippen LogP contribution in [0.25, 0.3) is 0 Å². The molecule has 0 saturated heterocycles. The van der Waals surface area contributed by atoms with Crippen molar-refractivity contribution in [2.75, 3.05) is 0 Å². The van der Waals surface area contributed by atoms with Gasteiger partial charge < -0.3 is 20.1 Å². The Morgan fingerprint density at radius 1 is 1.10 bits per heavy atom. The van der Waals surface area contributed by atoms with Gasteiger partial charge in [0.2, 0.25) is 12.1 Å². The lowest BCUT2D eigenvalue weighted by Gasteiger charge is -2.14. The maximum Gasteiger partial charge on any atom is 0.225 e. The zero-order valence-electron chi connectivity index (χ0n) is 10.6. The molecule has 20 heavy (non-hydrogen) atoms. The third-order valence-corrected chi connectivity index (χ3v) is 3.26. The van der Waals surface area contributed by atoms with Crippen LogP contribution in [0, 0.1) is 6.92 Å². The Balaban J connectivity index is 2.34. The van der Waals surface area contributed by atoms with Crippen LogP contribution in [0.3, 0.4) is 0 Å². The molecule has 1 aliphatic rings. The predicted octanol–water partition coefficient (Wildman–Crippen LogP) is 2.02. The third-order valence-electron chi connectivity index (χ3n) is 3.26. The number of phenols is 2. The summed E-state index contributed by atoms with van der Waals surface area (Å²) >= 11 is 0. The number of ether oxygens (including phenoxy) is 1. The van der Waals surface area contributed by atoms with Gasteiger partial charge in [0.1, 0.15) is 22.8 Å². The van der Waals surface area contributed by atoms with Gasteiger partial charge >= 0.3 is 0 Å². The van der Waals surface area contributed by atoms with E-state index in [2.05, 4.69) is 0 Å². The molecule has 2 aromatic carbocycles. The quantitative estimate of drug-likeness (QED) is 0.683. The lowest BCUT2D eigenvalue weighted by atomic mass is 9.95. The van der Waals surface area contributed by atoms with Gasteiger partial charge in [0.15, 0.2) is 0 Å². The molecule has 5 nitrogen and oxygen atoms in total. The molecule has 1 atom stereocenters. The summed E-state index contributed by atoms with van der Waals surface area (Å²) in [7, 11) is 0. The maximum atomic E-state index is 12.5. The largest absolute Gasteiger partial charge is 0.507 e. The molecule has 1 aliphatic heterocycles. The molecule has 3 rings (SSSR count). The summed E-state index contributed by atoms with van der Waals surface area (Å²) in [6.45, 7) is 1.73. The van der Waals surface area contributed by atoms with Gasteiger partial charge in [-0.2, -0.15) is 0 Å². The zero-order valence-corrected chi connectivity index (χ0v) is 10.6. The average Bonchev–Trinajstić information content (AvgIpc) is 2.46. The van der Waals surface area contributed by atoms with E-state index in [1.54, 1.807) is 13.0 Å². The molecule has 1 heterocycles. The van der Waals surface area contributed by atoms with Crippen LogP contribution < -0.4 is 4.74 Å². The topological polar surface area (TPSA) is 87.0 Å². The summed E-state index contributed by atoms with van der Waals surface area (Å²) in [4.78, 5) is 12.5. The first-order valence-electron chi connectivity index (χ1n) is 6.04. The van der Waals surface area contributed by atoms with Crippen molar-refractivity contribution >= 4 is 5.78 Å². The van der Waals surface area contributed by atoms with Crippen molar-refractivity contribution in [1.82, 2.24) is 0 Å². The normalized spacial score (nSPS) is 16.9. The van der Waals surface area contributed by atoms with E-state index >= 15 is 0 Å². The van der Waals surface area contributed by atoms with E-state index in [0.717, 1.165) is 0 Å². The molecule has 3 N–H and O–H groups in total. The first-order chi connectivity index (χ1) is 9.49. The molecular formula is C15H12O5. The second-order valence-electron chi connectivity index (χ2n) is 4.70. The number of hydrogen-bond acceptors (Lipinski definition) is 5. The predicted molar refractivity (Wildman–Crippen MR) is 70.0 cm³/mol. The summed E-state index contributed by atoms with van der Waals surface area (Å²) in [6.07, 6.45) is -1.39. The van der Waals surface area contributed by atoms with E-state index in [4.69, 9.17) is 4.74 Å². The monoisotopic (exact) mass is 272 g/mol. The number of fused-ring (bicyclic) bond motifs is 2. The molecule has 0 radical (unpaired) electrons. The maximum absolute atomic E-state index is 12.5. The van der Waals surface area contributed by atoms with Crippen LogP contribution in [0.5, 0.6) is 17.2 Å². The lowest BCUT2D eigenvalue weighted by molar-refractivity contribution is -0.0191. The summed E-state index contributed by atoms with van der Waals surface area (Å²) in [5.74, 6) is -1.01.